The van der Waals surface area contributed by atoms with E-state index in [1.54, 1.807) is 0 Å². The van der Waals surface area contributed by atoms with E-state index in [1.807, 2.05) is 24.3 Å². The molecule has 2 amide bonds. The summed E-state index contributed by atoms with van der Waals surface area (Å²) in [5, 5.41) is 9.38. The molecule has 2 aromatic rings. The van der Waals surface area contributed by atoms with E-state index < -0.39 is 17.6 Å². The van der Waals surface area contributed by atoms with Gasteiger partial charge in [-0.1, -0.05) is 29.8 Å². The Hall–Kier alpha value is -2.58. The molecule has 3 rings (SSSR count). The van der Waals surface area contributed by atoms with Crippen LogP contribution < -0.4 is 16.0 Å². The second kappa shape index (κ2) is 10.2. The Balaban J connectivity index is 1.47. The van der Waals surface area contributed by atoms with Crippen molar-refractivity contribution in [3.05, 3.63) is 70.2 Å². The molecule has 166 valence electrons. The topological polar surface area (TPSA) is 70.2 Å². The maximum atomic E-state index is 12.8. The number of hydrogen-bond acceptors (Lipinski definition) is 3. The number of carbonyl (C=O) groups excluding carboxylic acids is 2. The van der Waals surface area contributed by atoms with Gasteiger partial charge in [-0.3, -0.25) is 9.59 Å². The van der Waals surface area contributed by atoms with Crippen molar-refractivity contribution in [3.63, 3.8) is 0 Å². The van der Waals surface area contributed by atoms with Crippen LogP contribution in [0.1, 0.15) is 40.7 Å². The Bertz CT molecular complexity index is 919. The SMILES string of the molecule is O=C(CNC(=O)c1cccc(C(F)(F)F)c1)N[C@H]1CCC[C@@H]1NCc1ccc(Cl)cc1. The Morgan fingerprint density at radius 3 is 2.45 bits per heavy atom. The summed E-state index contributed by atoms with van der Waals surface area (Å²) in [6, 6.07) is 11.6. The molecule has 3 N–H and O–H groups in total. The molecule has 0 bridgehead atoms. The molecule has 1 saturated carbocycles. The molecule has 9 heteroatoms. The Labute approximate surface area is 183 Å². The van der Waals surface area contributed by atoms with E-state index in [-0.39, 0.29) is 30.1 Å². The highest BCUT2D eigenvalue weighted by molar-refractivity contribution is 6.30. The summed E-state index contributed by atoms with van der Waals surface area (Å²) >= 11 is 5.89. The van der Waals surface area contributed by atoms with Gasteiger partial charge in [-0.15, -0.1) is 0 Å². The molecular weight excluding hydrogens is 431 g/mol. The number of amides is 2. The van der Waals surface area contributed by atoms with Gasteiger partial charge in [0.25, 0.3) is 5.91 Å². The van der Waals surface area contributed by atoms with Crippen molar-refractivity contribution in [1.29, 1.82) is 0 Å². The maximum Gasteiger partial charge on any atom is 0.416 e. The third-order valence-corrected chi connectivity index (χ3v) is 5.46. The minimum atomic E-state index is -4.54. The van der Waals surface area contributed by atoms with Crippen LogP contribution in [0.3, 0.4) is 0 Å². The summed E-state index contributed by atoms with van der Waals surface area (Å²) in [7, 11) is 0. The smallest absolute Gasteiger partial charge is 0.350 e. The van der Waals surface area contributed by atoms with Crippen molar-refractivity contribution in [2.45, 2.75) is 44.1 Å². The zero-order valence-corrected chi connectivity index (χ0v) is 17.4. The first-order valence-corrected chi connectivity index (χ1v) is 10.3. The lowest BCUT2D eigenvalue weighted by Gasteiger charge is -2.22. The highest BCUT2D eigenvalue weighted by Gasteiger charge is 2.31. The normalized spacial score (nSPS) is 18.6. The fourth-order valence-electron chi connectivity index (χ4n) is 3.59. The lowest BCUT2D eigenvalue weighted by molar-refractivity contribution is -0.137. The van der Waals surface area contributed by atoms with E-state index in [1.165, 1.54) is 6.07 Å². The van der Waals surface area contributed by atoms with E-state index in [9.17, 15) is 22.8 Å². The third kappa shape index (κ3) is 6.70. The Kier molecular flexibility index (Phi) is 7.56. The van der Waals surface area contributed by atoms with Crippen LogP contribution in [-0.4, -0.2) is 30.4 Å². The summed E-state index contributed by atoms with van der Waals surface area (Å²) in [5.74, 6) is -1.12. The highest BCUT2D eigenvalue weighted by atomic mass is 35.5. The van der Waals surface area contributed by atoms with E-state index in [0.717, 1.165) is 43.0 Å². The Morgan fingerprint density at radius 2 is 1.74 bits per heavy atom. The monoisotopic (exact) mass is 453 g/mol. The minimum absolute atomic E-state index is 0.0785. The predicted molar refractivity (Wildman–Crippen MR) is 112 cm³/mol. The van der Waals surface area contributed by atoms with Gasteiger partial charge < -0.3 is 16.0 Å². The molecule has 0 aliphatic heterocycles. The first kappa shape index (κ1) is 23.1. The minimum Gasteiger partial charge on any atom is -0.350 e. The molecule has 31 heavy (non-hydrogen) atoms. The second-order valence-electron chi connectivity index (χ2n) is 7.48. The van der Waals surface area contributed by atoms with Crippen LogP contribution >= 0.6 is 11.6 Å². The first-order chi connectivity index (χ1) is 14.7. The van der Waals surface area contributed by atoms with Gasteiger partial charge in [-0.25, -0.2) is 0 Å². The van der Waals surface area contributed by atoms with Gasteiger partial charge in [0.2, 0.25) is 5.91 Å². The fourth-order valence-corrected chi connectivity index (χ4v) is 3.71. The average Bonchev–Trinajstić information content (AvgIpc) is 3.18. The van der Waals surface area contributed by atoms with Gasteiger partial charge in [0.15, 0.2) is 0 Å². The van der Waals surface area contributed by atoms with E-state index in [0.29, 0.717) is 11.6 Å². The number of carbonyl (C=O) groups is 2. The zero-order valence-electron chi connectivity index (χ0n) is 16.6. The molecule has 0 unspecified atom stereocenters. The molecule has 2 atom stereocenters. The first-order valence-electron chi connectivity index (χ1n) is 9.95. The van der Waals surface area contributed by atoms with Crippen LogP contribution in [0.25, 0.3) is 0 Å². The highest BCUT2D eigenvalue weighted by Crippen LogP contribution is 2.29. The standard InChI is InChI=1S/C22H23ClF3N3O2/c23-17-9-7-14(8-10-17)12-27-18-5-2-6-19(18)29-20(30)13-28-21(31)15-3-1-4-16(11-15)22(24,25)26/h1,3-4,7-11,18-19,27H,2,5-6,12-13H2,(H,28,31)(H,29,30)/t18-,19-/m0/s1. The summed E-state index contributed by atoms with van der Waals surface area (Å²) < 4.78 is 38.4. The molecule has 0 saturated heterocycles. The largest absolute Gasteiger partial charge is 0.416 e. The van der Waals surface area contributed by atoms with Crippen molar-refractivity contribution >= 4 is 23.4 Å². The van der Waals surface area contributed by atoms with Crippen LogP contribution in [0, 0.1) is 0 Å². The van der Waals surface area contributed by atoms with Crippen LogP contribution in [-0.2, 0) is 17.5 Å². The lowest BCUT2D eigenvalue weighted by atomic mass is 10.1. The van der Waals surface area contributed by atoms with E-state index in [4.69, 9.17) is 11.6 Å². The van der Waals surface area contributed by atoms with Gasteiger partial charge in [-0.2, -0.15) is 13.2 Å². The number of nitrogens with one attached hydrogen (secondary N) is 3. The molecule has 1 aliphatic rings. The van der Waals surface area contributed by atoms with Crippen molar-refractivity contribution in [2.75, 3.05) is 6.54 Å². The van der Waals surface area contributed by atoms with Crippen molar-refractivity contribution < 1.29 is 22.8 Å². The van der Waals surface area contributed by atoms with Gasteiger partial charge >= 0.3 is 6.18 Å². The van der Waals surface area contributed by atoms with Crippen molar-refractivity contribution in [3.8, 4) is 0 Å². The lowest BCUT2D eigenvalue weighted by Crippen LogP contribution is -2.49. The summed E-state index contributed by atoms with van der Waals surface area (Å²) in [5.41, 5.74) is 0.0193. The summed E-state index contributed by atoms with van der Waals surface area (Å²) in [6.45, 7) is 0.329. The molecule has 1 fully saturated rings. The summed E-state index contributed by atoms with van der Waals surface area (Å²) in [6.07, 6.45) is -1.86. The fraction of sp³-hybridized carbons (Fsp3) is 0.364. The quantitative estimate of drug-likeness (QED) is 0.595. The molecule has 0 radical (unpaired) electrons. The van der Waals surface area contributed by atoms with Crippen LogP contribution in [0.5, 0.6) is 0 Å². The number of halogens is 4. The van der Waals surface area contributed by atoms with Crippen molar-refractivity contribution in [1.82, 2.24) is 16.0 Å². The molecule has 0 aromatic heterocycles. The van der Waals surface area contributed by atoms with Crippen molar-refractivity contribution in [2.24, 2.45) is 0 Å². The van der Waals surface area contributed by atoms with E-state index >= 15 is 0 Å². The van der Waals surface area contributed by atoms with Gasteiger partial charge in [0.05, 0.1) is 12.1 Å². The zero-order chi connectivity index (χ0) is 22.4. The van der Waals surface area contributed by atoms with Crippen LogP contribution in [0.2, 0.25) is 5.02 Å². The summed E-state index contributed by atoms with van der Waals surface area (Å²) in [4.78, 5) is 24.4. The number of benzene rings is 2. The number of alkyl halides is 3. The van der Waals surface area contributed by atoms with Gasteiger partial charge in [0, 0.05) is 29.2 Å². The Morgan fingerprint density at radius 1 is 1.03 bits per heavy atom. The van der Waals surface area contributed by atoms with Gasteiger partial charge in [-0.05, 0) is 55.2 Å². The molecular formula is C22H23ClF3N3O2. The molecule has 0 spiro atoms. The van der Waals surface area contributed by atoms with Crippen LogP contribution in [0.15, 0.2) is 48.5 Å². The van der Waals surface area contributed by atoms with Gasteiger partial charge in [0.1, 0.15) is 0 Å². The number of rotatable bonds is 7. The third-order valence-electron chi connectivity index (χ3n) is 5.21. The van der Waals surface area contributed by atoms with Crippen LogP contribution in [0.4, 0.5) is 13.2 Å². The average molecular weight is 454 g/mol. The molecule has 2 aromatic carbocycles. The maximum absolute atomic E-state index is 12.8. The predicted octanol–water partition coefficient (Wildman–Crippen LogP) is 3.92. The second-order valence-corrected chi connectivity index (χ2v) is 7.92. The van der Waals surface area contributed by atoms with E-state index in [2.05, 4.69) is 16.0 Å². The number of hydrogen-bond donors (Lipinski definition) is 3. The molecule has 0 heterocycles. The molecule has 1 aliphatic carbocycles. The molecule has 5 nitrogen and oxygen atoms in total.